The van der Waals surface area contributed by atoms with Gasteiger partial charge in [-0.3, -0.25) is 4.90 Å². The molecule has 2 aromatic rings. The summed E-state index contributed by atoms with van der Waals surface area (Å²) in [6, 6.07) is 8.81. The molecule has 18 heavy (non-hydrogen) atoms. The Kier molecular flexibility index (Phi) is 4.22. The van der Waals surface area contributed by atoms with Gasteiger partial charge in [0.1, 0.15) is 5.82 Å². The van der Waals surface area contributed by atoms with E-state index in [-0.39, 0.29) is 11.5 Å². The lowest BCUT2D eigenvalue weighted by molar-refractivity contribution is 0.321. The van der Waals surface area contributed by atoms with Gasteiger partial charge in [-0.15, -0.1) is 11.3 Å². The predicted molar refractivity (Wildman–Crippen MR) is 75.3 cm³/mol. The lowest BCUT2D eigenvalue weighted by Crippen LogP contribution is -2.16. The van der Waals surface area contributed by atoms with Gasteiger partial charge in [0.15, 0.2) is 0 Å². The van der Waals surface area contributed by atoms with E-state index in [2.05, 4.69) is 4.90 Å². The number of nitrogens with two attached hydrogens (primary N) is 1. The molecule has 2 N–H and O–H groups in total. The van der Waals surface area contributed by atoms with Crippen molar-refractivity contribution in [2.24, 2.45) is 0 Å². The molecule has 0 saturated carbocycles. The molecule has 5 heteroatoms. The van der Waals surface area contributed by atoms with Crippen molar-refractivity contribution in [2.45, 2.75) is 13.1 Å². The highest BCUT2D eigenvalue weighted by molar-refractivity contribution is 7.16. The number of halogens is 2. The molecular weight excluding hydrogens is 271 g/mol. The van der Waals surface area contributed by atoms with Gasteiger partial charge >= 0.3 is 0 Å². The number of nitrogens with zero attached hydrogens (tertiary/aromatic N) is 1. The molecule has 1 aromatic carbocycles. The van der Waals surface area contributed by atoms with Crippen molar-refractivity contribution in [2.75, 3.05) is 12.8 Å². The molecule has 0 saturated heterocycles. The Morgan fingerprint density at radius 2 is 2.06 bits per heavy atom. The monoisotopic (exact) mass is 284 g/mol. The Labute approximate surface area is 115 Å². The SMILES string of the molecule is CN(Cc1ccc(N)c(F)c1)Cc1ccc(Cl)s1. The standard InChI is InChI=1S/C13H14ClFN2S/c1-17(8-10-3-5-13(14)18-10)7-9-2-4-12(16)11(15)6-9/h2-6H,7-8,16H2,1H3. The van der Waals surface area contributed by atoms with Gasteiger partial charge < -0.3 is 5.73 Å². The fourth-order valence-electron chi connectivity index (χ4n) is 1.74. The summed E-state index contributed by atoms with van der Waals surface area (Å²) in [5, 5.41) is 0. The van der Waals surface area contributed by atoms with Gasteiger partial charge in [0.05, 0.1) is 10.0 Å². The topological polar surface area (TPSA) is 29.3 Å². The van der Waals surface area contributed by atoms with E-state index in [1.807, 2.05) is 25.2 Å². The van der Waals surface area contributed by atoms with Gasteiger partial charge in [-0.2, -0.15) is 0 Å². The number of hydrogen-bond acceptors (Lipinski definition) is 3. The van der Waals surface area contributed by atoms with Crippen LogP contribution in [0.15, 0.2) is 30.3 Å². The van der Waals surface area contributed by atoms with E-state index >= 15 is 0 Å². The molecule has 2 rings (SSSR count). The third kappa shape index (κ3) is 3.45. The molecule has 1 aromatic heterocycles. The molecule has 0 amide bonds. The van der Waals surface area contributed by atoms with Crippen molar-refractivity contribution >= 4 is 28.6 Å². The van der Waals surface area contributed by atoms with Gasteiger partial charge in [-0.1, -0.05) is 17.7 Å². The van der Waals surface area contributed by atoms with E-state index in [4.69, 9.17) is 17.3 Å². The van der Waals surface area contributed by atoms with Crippen molar-refractivity contribution < 1.29 is 4.39 Å². The first-order valence-corrected chi connectivity index (χ1v) is 6.70. The highest BCUT2D eigenvalue weighted by atomic mass is 35.5. The average Bonchev–Trinajstić information content (AvgIpc) is 2.69. The number of hydrogen-bond donors (Lipinski definition) is 1. The lowest BCUT2D eigenvalue weighted by atomic mass is 10.2. The molecule has 0 spiro atoms. The number of nitrogen functional groups attached to an aromatic ring is 1. The Balaban J connectivity index is 1.98. The number of rotatable bonds is 4. The quantitative estimate of drug-likeness (QED) is 0.866. The van der Waals surface area contributed by atoms with Crippen LogP contribution in [-0.2, 0) is 13.1 Å². The average molecular weight is 285 g/mol. The molecule has 0 atom stereocenters. The van der Waals surface area contributed by atoms with Crippen LogP contribution in [0.5, 0.6) is 0 Å². The van der Waals surface area contributed by atoms with E-state index in [9.17, 15) is 4.39 Å². The summed E-state index contributed by atoms with van der Waals surface area (Å²) >= 11 is 7.44. The van der Waals surface area contributed by atoms with Gasteiger partial charge in [-0.05, 0) is 36.9 Å². The van der Waals surface area contributed by atoms with Crippen molar-refractivity contribution in [1.82, 2.24) is 4.90 Å². The third-order valence-electron chi connectivity index (χ3n) is 2.57. The second-order valence-electron chi connectivity index (χ2n) is 4.23. The first-order valence-electron chi connectivity index (χ1n) is 5.51. The van der Waals surface area contributed by atoms with Crippen molar-refractivity contribution in [3.05, 3.63) is 50.9 Å². The molecular formula is C13H14ClFN2S. The van der Waals surface area contributed by atoms with Crippen LogP contribution in [-0.4, -0.2) is 11.9 Å². The second-order valence-corrected chi connectivity index (χ2v) is 6.03. The molecule has 0 bridgehead atoms. The highest BCUT2D eigenvalue weighted by Gasteiger charge is 2.06. The normalized spacial score (nSPS) is 11.1. The Hall–Kier alpha value is -1.10. The van der Waals surface area contributed by atoms with Crippen LogP contribution in [0.4, 0.5) is 10.1 Å². The smallest absolute Gasteiger partial charge is 0.146 e. The van der Waals surface area contributed by atoms with Crippen LogP contribution in [0, 0.1) is 5.82 Å². The first-order chi connectivity index (χ1) is 8.54. The minimum Gasteiger partial charge on any atom is -0.396 e. The van der Waals surface area contributed by atoms with Gasteiger partial charge in [0.25, 0.3) is 0 Å². The van der Waals surface area contributed by atoms with Gasteiger partial charge in [-0.25, -0.2) is 4.39 Å². The zero-order valence-electron chi connectivity index (χ0n) is 9.99. The summed E-state index contributed by atoms with van der Waals surface area (Å²) in [7, 11) is 1.99. The minimum atomic E-state index is -0.361. The summed E-state index contributed by atoms with van der Waals surface area (Å²) in [5.74, 6) is -0.361. The van der Waals surface area contributed by atoms with E-state index in [0.29, 0.717) is 6.54 Å². The third-order valence-corrected chi connectivity index (χ3v) is 3.79. The molecule has 0 radical (unpaired) electrons. The Morgan fingerprint density at radius 1 is 1.28 bits per heavy atom. The summed E-state index contributed by atoms with van der Waals surface area (Å²) in [4.78, 5) is 3.30. The van der Waals surface area contributed by atoms with Crippen molar-refractivity contribution in [1.29, 1.82) is 0 Å². The molecule has 96 valence electrons. The molecule has 0 fully saturated rings. The molecule has 0 aliphatic rings. The fraction of sp³-hybridized carbons (Fsp3) is 0.231. The van der Waals surface area contributed by atoms with E-state index < -0.39 is 0 Å². The van der Waals surface area contributed by atoms with Gasteiger partial charge in [0.2, 0.25) is 0 Å². The van der Waals surface area contributed by atoms with Crippen LogP contribution >= 0.6 is 22.9 Å². The maximum Gasteiger partial charge on any atom is 0.146 e. The predicted octanol–water partition coefficient (Wildman–Crippen LogP) is 3.75. The van der Waals surface area contributed by atoms with Crippen LogP contribution in [0.2, 0.25) is 4.34 Å². The summed E-state index contributed by atoms with van der Waals surface area (Å²) < 4.78 is 14.1. The molecule has 0 aliphatic heterocycles. The number of anilines is 1. The van der Waals surface area contributed by atoms with Gasteiger partial charge in [0, 0.05) is 18.0 Å². The maximum absolute atomic E-state index is 13.3. The highest BCUT2D eigenvalue weighted by Crippen LogP contribution is 2.23. The van der Waals surface area contributed by atoms with Crippen LogP contribution in [0.3, 0.4) is 0 Å². The fourth-order valence-corrected chi connectivity index (χ4v) is 2.91. The maximum atomic E-state index is 13.3. The summed E-state index contributed by atoms with van der Waals surface area (Å²) in [6.07, 6.45) is 0. The van der Waals surface area contributed by atoms with E-state index in [1.165, 1.54) is 10.9 Å². The van der Waals surface area contributed by atoms with Crippen molar-refractivity contribution in [3.63, 3.8) is 0 Å². The minimum absolute atomic E-state index is 0.187. The lowest BCUT2D eigenvalue weighted by Gasteiger charge is -2.15. The first kappa shape index (κ1) is 13.3. The molecule has 1 heterocycles. The zero-order chi connectivity index (χ0) is 13.1. The van der Waals surface area contributed by atoms with Crippen LogP contribution in [0.1, 0.15) is 10.4 Å². The number of benzene rings is 1. The van der Waals surface area contributed by atoms with Crippen LogP contribution in [0.25, 0.3) is 0 Å². The molecule has 0 unspecified atom stereocenters. The number of thiophene rings is 1. The Morgan fingerprint density at radius 3 is 2.67 bits per heavy atom. The van der Waals surface area contributed by atoms with Crippen LogP contribution < -0.4 is 5.73 Å². The van der Waals surface area contributed by atoms with E-state index in [1.54, 1.807) is 17.4 Å². The van der Waals surface area contributed by atoms with Crippen molar-refractivity contribution in [3.8, 4) is 0 Å². The Bertz CT molecular complexity index is 542. The second kappa shape index (κ2) is 5.69. The largest absolute Gasteiger partial charge is 0.396 e. The molecule has 2 nitrogen and oxygen atoms in total. The zero-order valence-corrected chi connectivity index (χ0v) is 11.6. The molecule has 0 aliphatic carbocycles. The summed E-state index contributed by atoms with van der Waals surface area (Å²) in [6.45, 7) is 1.47. The van der Waals surface area contributed by atoms with E-state index in [0.717, 1.165) is 16.4 Å². The summed E-state index contributed by atoms with van der Waals surface area (Å²) in [5.41, 5.74) is 6.54.